The van der Waals surface area contributed by atoms with Crippen LogP contribution in [0.15, 0.2) is 18.2 Å². The Morgan fingerprint density at radius 2 is 1.78 bits per heavy atom. The Morgan fingerprint density at radius 1 is 1.26 bits per heavy atom. The van der Waals surface area contributed by atoms with E-state index < -0.39 is 19.0 Å². The van der Waals surface area contributed by atoms with Crippen molar-refractivity contribution in [2.24, 2.45) is 5.92 Å². The first-order valence-corrected chi connectivity index (χ1v) is 11.3. The molecule has 1 aromatic rings. The number of hydrogen-bond donors (Lipinski definition) is 2. The van der Waals surface area contributed by atoms with Crippen molar-refractivity contribution in [3.8, 4) is 5.75 Å². The molecule has 7 heteroatoms. The standard InChI is InChI=1S/C20H32NO5P/c1-13(2)16-8-7-9-17(14(3)4)18(16)26-27(24,12-25-6)21-20(5,19(22)23)15-10-11-15/h7-9,13-15H,10-12H2,1-6H3,(H,21,24)(H,22,23). The Bertz CT molecular complexity index is 703. The van der Waals surface area contributed by atoms with Crippen molar-refractivity contribution < 1.29 is 23.7 Å². The van der Waals surface area contributed by atoms with E-state index in [1.807, 2.05) is 45.9 Å². The highest BCUT2D eigenvalue weighted by atomic mass is 31.2. The second-order valence-corrected chi connectivity index (χ2v) is 10.2. The Labute approximate surface area is 162 Å². The molecule has 2 unspecified atom stereocenters. The van der Waals surface area contributed by atoms with Gasteiger partial charge < -0.3 is 14.4 Å². The van der Waals surface area contributed by atoms with Crippen LogP contribution < -0.4 is 9.61 Å². The predicted molar refractivity (Wildman–Crippen MR) is 107 cm³/mol. The van der Waals surface area contributed by atoms with Crippen LogP contribution in [0.1, 0.15) is 70.4 Å². The molecule has 0 aromatic heterocycles. The third-order valence-electron chi connectivity index (χ3n) is 5.10. The minimum atomic E-state index is -3.62. The number of hydrogen-bond acceptors (Lipinski definition) is 4. The van der Waals surface area contributed by atoms with Gasteiger partial charge >= 0.3 is 13.5 Å². The van der Waals surface area contributed by atoms with E-state index in [0.717, 1.165) is 24.0 Å². The zero-order chi connectivity index (χ0) is 20.4. The number of aliphatic carboxylic acids is 1. The van der Waals surface area contributed by atoms with Crippen LogP contribution in [0.5, 0.6) is 5.75 Å². The van der Waals surface area contributed by atoms with Crippen molar-refractivity contribution in [1.29, 1.82) is 0 Å². The van der Waals surface area contributed by atoms with E-state index in [9.17, 15) is 14.5 Å². The predicted octanol–water partition coefficient (Wildman–Crippen LogP) is 4.95. The molecular weight excluding hydrogens is 365 g/mol. The number of rotatable bonds is 10. The molecule has 0 bridgehead atoms. The van der Waals surface area contributed by atoms with Crippen molar-refractivity contribution in [1.82, 2.24) is 5.09 Å². The van der Waals surface area contributed by atoms with Crippen molar-refractivity contribution in [2.75, 3.05) is 13.5 Å². The normalized spacial score (nSPS) is 19.0. The Balaban J connectivity index is 2.46. The van der Waals surface area contributed by atoms with Crippen LogP contribution in [0.4, 0.5) is 0 Å². The van der Waals surface area contributed by atoms with Crippen LogP contribution in [0.3, 0.4) is 0 Å². The second-order valence-electron chi connectivity index (χ2n) is 8.15. The lowest BCUT2D eigenvalue weighted by Gasteiger charge is -2.32. The number of carboxylic acids is 1. The molecule has 0 spiro atoms. The quantitative estimate of drug-likeness (QED) is 0.543. The average molecular weight is 397 g/mol. The van der Waals surface area contributed by atoms with Gasteiger partial charge in [0.25, 0.3) is 0 Å². The van der Waals surface area contributed by atoms with Gasteiger partial charge in [-0.15, -0.1) is 0 Å². The average Bonchev–Trinajstić information content (AvgIpc) is 3.39. The maximum atomic E-state index is 13.7. The number of methoxy groups -OCH3 is 1. The first-order chi connectivity index (χ1) is 12.5. The van der Waals surface area contributed by atoms with Gasteiger partial charge in [0.15, 0.2) is 0 Å². The van der Waals surface area contributed by atoms with Crippen LogP contribution in [-0.4, -0.2) is 30.1 Å². The second kappa shape index (κ2) is 8.34. The summed E-state index contributed by atoms with van der Waals surface area (Å²) in [5, 5.41) is 12.6. The number of benzene rings is 1. The van der Waals surface area contributed by atoms with Gasteiger partial charge in [-0.05, 0) is 48.6 Å². The van der Waals surface area contributed by atoms with Crippen LogP contribution in [0.25, 0.3) is 0 Å². The van der Waals surface area contributed by atoms with Gasteiger partial charge in [0, 0.05) is 7.11 Å². The topological polar surface area (TPSA) is 84.9 Å². The maximum Gasteiger partial charge on any atom is 0.342 e. The molecule has 0 saturated heterocycles. The van der Waals surface area contributed by atoms with Crippen LogP contribution in [0, 0.1) is 5.92 Å². The lowest BCUT2D eigenvalue weighted by Crippen LogP contribution is -2.50. The Hall–Kier alpha value is -1.36. The summed E-state index contributed by atoms with van der Waals surface area (Å²) >= 11 is 0. The molecule has 1 aliphatic rings. The highest BCUT2D eigenvalue weighted by Gasteiger charge is 2.51. The zero-order valence-electron chi connectivity index (χ0n) is 17.1. The first kappa shape index (κ1) is 21.9. The van der Waals surface area contributed by atoms with E-state index in [4.69, 9.17) is 9.26 Å². The number of carbonyl (C=O) groups is 1. The van der Waals surface area contributed by atoms with Crippen molar-refractivity contribution in [3.63, 3.8) is 0 Å². The molecule has 0 aliphatic heterocycles. The number of para-hydroxylation sites is 1. The molecule has 1 saturated carbocycles. The number of ether oxygens (including phenoxy) is 1. The number of carboxylic acid groups (broad SMARTS) is 1. The summed E-state index contributed by atoms with van der Waals surface area (Å²) in [6, 6.07) is 5.89. The lowest BCUT2D eigenvalue weighted by molar-refractivity contribution is -0.144. The summed E-state index contributed by atoms with van der Waals surface area (Å²) < 4.78 is 24.9. The summed E-state index contributed by atoms with van der Waals surface area (Å²) in [7, 11) is -2.18. The molecule has 2 atom stereocenters. The van der Waals surface area contributed by atoms with E-state index >= 15 is 0 Å². The highest BCUT2D eigenvalue weighted by Crippen LogP contribution is 2.52. The van der Waals surface area contributed by atoms with Crippen molar-refractivity contribution >= 4 is 13.5 Å². The monoisotopic (exact) mass is 397 g/mol. The zero-order valence-corrected chi connectivity index (χ0v) is 18.0. The summed E-state index contributed by atoms with van der Waals surface area (Å²) in [6.07, 6.45) is 1.39. The van der Waals surface area contributed by atoms with E-state index in [0.29, 0.717) is 5.75 Å². The molecule has 1 fully saturated rings. The molecule has 0 radical (unpaired) electrons. The van der Waals surface area contributed by atoms with Gasteiger partial charge in [-0.2, -0.15) is 0 Å². The maximum absolute atomic E-state index is 13.7. The van der Waals surface area contributed by atoms with Gasteiger partial charge in [0.1, 0.15) is 17.6 Å². The molecule has 152 valence electrons. The van der Waals surface area contributed by atoms with Crippen molar-refractivity contribution in [3.05, 3.63) is 29.3 Å². The number of nitrogens with one attached hydrogen (secondary N) is 1. The van der Waals surface area contributed by atoms with Gasteiger partial charge in [-0.1, -0.05) is 45.9 Å². The summed E-state index contributed by atoms with van der Waals surface area (Å²) in [4.78, 5) is 11.9. The first-order valence-electron chi connectivity index (χ1n) is 9.47. The van der Waals surface area contributed by atoms with E-state index in [2.05, 4.69) is 5.09 Å². The molecular formula is C20H32NO5P. The molecule has 1 aromatic carbocycles. The SMILES string of the molecule is COCP(=O)(NC(C)(C(=O)O)C1CC1)Oc1c(C(C)C)cccc1C(C)C. The van der Waals surface area contributed by atoms with Crippen LogP contribution >= 0.6 is 7.52 Å². The molecule has 2 rings (SSSR count). The van der Waals surface area contributed by atoms with Crippen molar-refractivity contribution in [2.45, 2.75) is 64.8 Å². The Kier molecular flexibility index (Phi) is 6.77. The van der Waals surface area contributed by atoms with Crippen LogP contribution in [-0.2, 0) is 14.1 Å². The molecule has 2 N–H and O–H groups in total. The molecule has 0 amide bonds. The van der Waals surface area contributed by atoms with Gasteiger partial charge in [-0.3, -0.25) is 9.36 Å². The smallest absolute Gasteiger partial charge is 0.342 e. The minimum absolute atomic E-state index is 0.0614. The van der Waals surface area contributed by atoms with E-state index in [1.165, 1.54) is 7.11 Å². The molecule has 1 aliphatic carbocycles. The fraction of sp³-hybridized carbons (Fsp3) is 0.650. The third-order valence-corrected chi connectivity index (χ3v) is 6.98. The van der Waals surface area contributed by atoms with E-state index in [1.54, 1.807) is 6.92 Å². The largest absolute Gasteiger partial charge is 0.480 e. The third kappa shape index (κ3) is 4.92. The summed E-state index contributed by atoms with van der Waals surface area (Å²) in [5.74, 6) is -0.174. The summed E-state index contributed by atoms with van der Waals surface area (Å²) in [6.45, 7) is 9.77. The molecule has 27 heavy (non-hydrogen) atoms. The molecule has 0 heterocycles. The van der Waals surface area contributed by atoms with E-state index in [-0.39, 0.29) is 24.1 Å². The minimum Gasteiger partial charge on any atom is -0.480 e. The lowest BCUT2D eigenvalue weighted by atomic mass is 9.94. The van der Waals surface area contributed by atoms with Crippen LogP contribution in [0.2, 0.25) is 0 Å². The van der Waals surface area contributed by atoms with Gasteiger partial charge in [0.2, 0.25) is 0 Å². The fourth-order valence-corrected chi connectivity index (χ4v) is 5.31. The summed E-state index contributed by atoms with van der Waals surface area (Å²) in [5.41, 5.74) is 0.587. The highest BCUT2D eigenvalue weighted by molar-refractivity contribution is 7.57. The molecule has 6 nitrogen and oxygen atoms in total. The van der Waals surface area contributed by atoms with Gasteiger partial charge in [0.05, 0.1) is 0 Å². The fourth-order valence-electron chi connectivity index (χ4n) is 3.32. The van der Waals surface area contributed by atoms with Gasteiger partial charge in [-0.25, -0.2) is 5.09 Å². The Morgan fingerprint density at radius 3 is 2.15 bits per heavy atom.